The van der Waals surface area contributed by atoms with Crippen LogP contribution in [0.2, 0.25) is 25.7 Å². The van der Waals surface area contributed by atoms with Crippen LogP contribution in [0.5, 0.6) is 5.75 Å². The lowest BCUT2D eigenvalue weighted by atomic mass is 10.1. The Hall–Kier alpha value is -3.05. The second-order valence-corrected chi connectivity index (χ2v) is 18.1. The molecule has 228 valence electrons. The molecule has 1 aromatic heterocycles. The summed E-state index contributed by atoms with van der Waals surface area (Å²) >= 11 is 1.38. The molecule has 0 saturated heterocycles. The smallest absolute Gasteiger partial charge is 0.358 e. The van der Waals surface area contributed by atoms with Gasteiger partial charge < -0.3 is 23.8 Å². The zero-order valence-corrected chi connectivity index (χ0v) is 27.2. The molecule has 2 aromatic carbocycles. The van der Waals surface area contributed by atoms with Gasteiger partial charge in [-0.25, -0.2) is 9.78 Å². The van der Waals surface area contributed by atoms with Crippen LogP contribution < -0.4 is 4.74 Å². The maximum absolute atomic E-state index is 14.2. The van der Waals surface area contributed by atoms with Gasteiger partial charge in [0.15, 0.2) is 11.8 Å². The van der Waals surface area contributed by atoms with Gasteiger partial charge in [0, 0.05) is 26.1 Å². The van der Waals surface area contributed by atoms with Crippen LogP contribution in [0.25, 0.3) is 0 Å². The summed E-state index contributed by atoms with van der Waals surface area (Å²) in [4.78, 5) is 33.7. The highest BCUT2D eigenvalue weighted by Gasteiger charge is 2.29. The third-order valence-corrected chi connectivity index (χ3v) is 9.23. The molecule has 3 aromatic rings. The molecule has 0 aliphatic rings. The Kier molecular flexibility index (Phi) is 12.6. The fraction of sp³-hybridized carbons (Fsp3) is 0.469. The number of methoxy groups -OCH3 is 1. The van der Waals surface area contributed by atoms with Gasteiger partial charge in [0.05, 0.1) is 21.6 Å². The second kappa shape index (κ2) is 16.5. The van der Waals surface area contributed by atoms with E-state index in [0.717, 1.165) is 23.8 Å². The van der Waals surface area contributed by atoms with E-state index in [1.165, 1.54) is 16.9 Å². The highest BCUT2D eigenvalue weighted by molar-refractivity contribution is 7.11. The maximum Gasteiger partial charge on any atom is 0.358 e. The molecule has 0 aliphatic heterocycles. The largest absolute Gasteiger partial charge is 0.497 e. The number of benzene rings is 2. The lowest BCUT2D eigenvalue weighted by Crippen LogP contribution is -2.37. The Morgan fingerprint density at radius 2 is 1.83 bits per heavy atom. The van der Waals surface area contributed by atoms with Gasteiger partial charge in [-0.2, -0.15) is 0 Å². The number of carbonyl (C=O) groups is 2. The Labute approximate surface area is 256 Å². The van der Waals surface area contributed by atoms with Crippen molar-refractivity contribution in [3.63, 3.8) is 0 Å². The van der Waals surface area contributed by atoms with Crippen molar-refractivity contribution in [3.05, 3.63) is 81.3 Å². The van der Waals surface area contributed by atoms with Crippen LogP contribution in [0, 0.1) is 6.92 Å². The number of aryl methyl sites for hydroxylation is 2. The third-order valence-electron chi connectivity index (χ3n) is 6.57. The number of rotatable bonds is 17. The number of thiazole rings is 1. The molecule has 0 saturated carbocycles. The van der Waals surface area contributed by atoms with Crippen LogP contribution in [0.1, 0.15) is 52.3 Å². The zero-order valence-electron chi connectivity index (χ0n) is 26.4. The van der Waals surface area contributed by atoms with Crippen molar-refractivity contribution in [2.45, 2.75) is 65.0 Å². The number of esters is 1. The van der Waals surface area contributed by atoms with E-state index < -0.39 is 20.1 Å². The number of ether oxygens (including phenoxy) is 4. The van der Waals surface area contributed by atoms with Crippen molar-refractivity contribution in [1.29, 1.82) is 0 Å². The van der Waals surface area contributed by atoms with E-state index in [0.29, 0.717) is 29.5 Å². The Morgan fingerprint density at radius 3 is 2.50 bits per heavy atom. The summed E-state index contributed by atoms with van der Waals surface area (Å²) in [5.74, 6) is -0.140. The van der Waals surface area contributed by atoms with Gasteiger partial charge in [0.1, 0.15) is 17.6 Å². The number of amides is 1. The first-order chi connectivity index (χ1) is 20.6. The summed E-state index contributed by atoms with van der Waals surface area (Å²) in [5.41, 5.74) is 2.14. The van der Waals surface area contributed by atoms with Gasteiger partial charge in [-0.3, -0.25) is 4.79 Å². The molecule has 10 heteroatoms. The van der Waals surface area contributed by atoms with E-state index in [4.69, 9.17) is 20.3 Å². The van der Waals surface area contributed by atoms with Crippen LogP contribution in [-0.2, 0) is 32.0 Å². The summed E-state index contributed by atoms with van der Waals surface area (Å²) in [5, 5.41) is 0.651. The standard InChI is InChI=1S/C32H44N2O6SSi/c1-7-39-32(36)29-24(2)41-28(33-29)22-34(19-11-14-25-12-9-8-10-13-25)31(35)30(26-15-17-27(37-3)18-16-26)40-23-38-20-21-42(4,5)6/h8-10,12-13,15-18,30H,7,11,14,19-23H2,1-6H3/t30-/m1/s1/i3D. The molecule has 1 heterocycles. The number of nitrogens with zero attached hydrogens (tertiary/aromatic N) is 2. The van der Waals surface area contributed by atoms with E-state index in [1.807, 2.05) is 25.1 Å². The molecule has 0 fully saturated rings. The van der Waals surface area contributed by atoms with E-state index >= 15 is 0 Å². The summed E-state index contributed by atoms with van der Waals surface area (Å²) in [6, 6.07) is 18.2. The van der Waals surface area contributed by atoms with Crippen molar-refractivity contribution in [2.75, 3.05) is 33.6 Å². The van der Waals surface area contributed by atoms with Crippen LogP contribution in [0.4, 0.5) is 0 Å². The predicted molar refractivity (Wildman–Crippen MR) is 169 cm³/mol. The Morgan fingerprint density at radius 1 is 1.10 bits per heavy atom. The van der Waals surface area contributed by atoms with Crippen molar-refractivity contribution < 1.29 is 29.9 Å². The molecule has 42 heavy (non-hydrogen) atoms. The van der Waals surface area contributed by atoms with Crippen LogP contribution in [0.3, 0.4) is 0 Å². The Balaban J connectivity index is 1.84. The molecule has 0 aliphatic carbocycles. The lowest BCUT2D eigenvalue weighted by molar-refractivity contribution is -0.155. The van der Waals surface area contributed by atoms with Gasteiger partial charge in [0.25, 0.3) is 5.91 Å². The van der Waals surface area contributed by atoms with Gasteiger partial charge in [-0.05, 0) is 56.0 Å². The normalized spacial score (nSPS) is 12.5. The van der Waals surface area contributed by atoms with Crippen molar-refractivity contribution in [3.8, 4) is 5.75 Å². The molecule has 3 rings (SSSR count). The lowest BCUT2D eigenvalue weighted by Gasteiger charge is -2.27. The van der Waals surface area contributed by atoms with Crippen molar-refractivity contribution >= 4 is 31.3 Å². The van der Waals surface area contributed by atoms with Gasteiger partial charge in [-0.1, -0.05) is 62.1 Å². The maximum atomic E-state index is 14.2. The topological polar surface area (TPSA) is 87.2 Å². The molecule has 0 spiro atoms. The molecule has 1 amide bonds. The van der Waals surface area contributed by atoms with Crippen LogP contribution in [-0.4, -0.2) is 63.5 Å². The molecular formula is C32H44N2O6SSi. The Bertz CT molecular complexity index is 1280. The SMILES string of the molecule is [2H]COc1ccc([C@@H](OCOCC[Si](C)(C)C)C(=O)N(CCCc2ccccc2)Cc2nc(C(=O)OCC)c(C)s2)cc1. The zero-order chi connectivity index (χ0) is 31.2. The second-order valence-electron chi connectivity index (χ2n) is 11.2. The van der Waals surface area contributed by atoms with E-state index in [1.54, 1.807) is 36.1 Å². The summed E-state index contributed by atoms with van der Waals surface area (Å²) in [6.45, 7) is 12.0. The average Bonchev–Trinajstić information content (AvgIpc) is 3.35. The first-order valence-electron chi connectivity index (χ1n) is 15.0. The van der Waals surface area contributed by atoms with E-state index in [2.05, 4.69) is 36.8 Å². The summed E-state index contributed by atoms with van der Waals surface area (Å²) < 4.78 is 29.7. The molecule has 0 N–H and O–H groups in total. The van der Waals surface area contributed by atoms with Crippen LogP contribution >= 0.6 is 11.3 Å². The van der Waals surface area contributed by atoms with E-state index in [9.17, 15) is 9.59 Å². The van der Waals surface area contributed by atoms with Gasteiger partial charge in [0.2, 0.25) is 0 Å². The fourth-order valence-corrected chi connectivity index (χ4v) is 5.92. The minimum absolute atomic E-state index is 0.0208. The predicted octanol–water partition coefficient (Wildman–Crippen LogP) is 6.67. The molecule has 0 unspecified atom stereocenters. The minimum atomic E-state index is -1.28. The van der Waals surface area contributed by atoms with Crippen molar-refractivity contribution in [1.82, 2.24) is 9.88 Å². The molecular weight excluding hydrogens is 569 g/mol. The first-order valence-corrected chi connectivity index (χ1v) is 18.8. The molecule has 1 atom stereocenters. The summed E-state index contributed by atoms with van der Waals surface area (Å²) in [6.07, 6.45) is 0.625. The van der Waals surface area contributed by atoms with Gasteiger partial charge >= 0.3 is 5.97 Å². The highest BCUT2D eigenvalue weighted by atomic mass is 32.1. The van der Waals surface area contributed by atoms with Gasteiger partial charge in [-0.15, -0.1) is 11.3 Å². The number of hydrogen-bond acceptors (Lipinski definition) is 8. The van der Waals surface area contributed by atoms with Crippen LogP contribution in [0.15, 0.2) is 54.6 Å². The number of carbonyl (C=O) groups excluding carboxylic acids is 2. The molecule has 8 nitrogen and oxygen atoms in total. The fourth-order valence-electron chi connectivity index (χ4n) is 4.23. The van der Waals surface area contributed by atoms with Crippen molar-refractivity contribution in [2.24, 2.45) is 0 Å². The average molecular weight is 614 g/mol. The molecule has 0 bridgehead atoms. The number of hydrogen-bond donors (Lipinski definition) is 0. The minimum Gasteiger partial charge on any atom is -0.497 e. The highest BCUT2D eigenvalue weighted by Crippen LogP contribution is 2.26. The first kappa shape index (κ1) is 31.9. The monoisotopic (exact) mass is 613 g/mol. The van der Waals surface area contributed by atoms with E-state index in [-0.39, 0.29) is 38.6 Å². The quantitative estimate of drug-likeness (QED) is 0.0727. The third kappa shape index (κ3) is 10.7. The summed E-state index contributed by atoms with van der Waals surface area (Å²) in [7, 11) is -1.47. The molecule has 0 radical (unpaired) electrons. The number of aromatic nitrogens is 1.